The van der Waals surface area contributed by atoms with E-state index in [1.54, 1.807) is 11.6 Å². The molecule has 4 rings (SSSR count). The van der Waals surface area contributed by atoms with Gasteiger partial charge in [0.15, 0.2) is 0 Å². The summed E-state index contributed by atoms with van der Waals surface area (Å²) in [5.74, 6) is 0.702. The van der Waals surface area contributed by atoms with Crippen LogP contribution in [0.15, 0.2) is 59.4 Å². The minimum atomic E-state index is -0.478. The van der Waals surface area contributed by atoms with Crippen LogP contribution in [0.1, 0.15) is 24.6 Å². The maximum Gasteiger partial charge on any atom is 0.350 e. The number of carbonyl (C=O) groups is 1. The molecule has 166 valence electrons. The summed E-state index contributed by atoms with van der Waals surface area (Å²) in [7, 11) is 1.66. The molecule has 0 unspecified atom stereocenters. The van der Waals surface area contributed by atoms with Gasteiger partial charge in [0, 0.05) is 30.8 Å². The SMILES string of the molecule is Cn1nc(C2CCN(CC(=O)Nc3ccc([N+](=O)[O-])cc3)CC2)n(-c2ccccc2)c1=O. The number of non-ortho nitro benzene ring substituents is 1. The molecule has 32 heavy (non-hydrogen) atoms. The molecule has 1 N–H and O–H groups in total. The lowest BCUT2D eigenvalue weighted by Crippen LogP contribution is -2.39. The molecule has 0 bridgehead atoms. The van der Waals surface area contributed by atoms with E-state index < -0.39 is 4.92 Å². The van der Waals surface area contributed by atoms with E-state index in [1.807, 2.05) is 30.3 Å². The smallest absolute Gasteiger partial charge is 0.325 e. The summed E-state index contributed by atoms with van der Waals surface area (Å²) >= 11 is 0. The largest absolute Gasteiger partial charge is 0.350 e. The predicted octanol–water partition coefficient (Wildman–Crippen LogP) is 2.30. The minimum Gasteiger partial charge on any atom is -0.325 e. The number of benzene rings is 2. The second-order valence-corrected chi connectivity index (χ2v) is 7.84. The molecular formula is C22H24N6O4. The van der Waals surface area contributed by atoms with Crippen LogP contribution in [0.4, 0.5) is 11.4 Å². The number of likely N-dealkylation sites (tertiary alicyclic amines) is 1. The first kappa shape index (κ1) is 21.4. The fourth-order valence-corrected chi connectivity index (χ4v) is 3.99. The number of nitro groups is 1. The lowest BCUT2D eigenvalue weighted by atomic mass is 9.95. The van der Waals surface area contributed by atoms with Crippen molar-refractivity contribution in [1.82, 2.24) is 19.2 Å². The first-order chi connectivity index (χ1) is 15.4. The zero-order chi connectivity index (χ0) is 22.7. The monoisotopic (exact) mass is 436 g/mol. The number of para-hydroxylation sites is 1. The lowest BCUT2D eigenvalue weighted by molar-refractivity contribution is -0.384. The summed E-state index contributed by atoms with van der Waals surface area (Å²) in [6.45, 7) is 1.65. The number of hydrogen-bond acceptors (Lipinski definition) is 6. The third-order valence-electron chi connectivity index (χ3n) is 5.65. The number of anilines is 1. The van der Waals surface area contributed by atoms with E-state index in [0.29, 0.717) is 18.8 Å². The highest BCUT2D eigenvalue weighted by molar-refractivity contribution is 5.92. The van der Waals surface area contributed by atoms with E-state index in [0.717, 1.165) is 24.4 Å². The molecule has 2 heterocycles. The van der Waals surface area contributed by atoms with Crippen molar-refractivity contribution in [3.05, 3.63) is 81.0 Å². The van der Waals surface area contributed by atoms with Crippen molar-refractivity contribution in [2.24, 2.45) is 7.05 Å². The molecule has 1 amide bonds. The second-order valence-electron chi connectivity index (χ2n) is 7.84. The Labute approximate surface area is 184 Å². The quantitative estimate of drug-likeness (QED) is 0.468. The summed E-state index contributed by atoms with van der Waals surface area (Å²) in [5.41, 5.74) is 1.13. The van der Waals surface area contributed by atoms with E-state index in [2.05, 4.69) is 15.3 Å². The third-order valence-corrected chi connectivity index (χ3v) is 5.65. The van der Waals surface area contributed by atoms with Gasteiger partial charge in [-0.25, -0.2) is 14.0 Å². The summed E-state index contributed by atoms with van der Waals surface area (Å²) < 4.78 is 3.04. The fraction of sp³-hybridized carbons (Fsp3) is 0.318. The van der Waals surface area contributed by atoms with Gasteiger partial charge >= 0.3 is 5.69 Å². The van der Waals surface area contributed by atoms with Gasteiger partial charge in [-0.15, -0.1) is 0 Å². The van der Waals surface area contributed by atoms with Crippen LogP contribution >= 0.6 is 0 Å². The Balaban J connectivity index is 1.37. The summed E-state index contributed by atoms with van der Waals surface area (Å²) in [5, 5.41) is 18.0. The zero-order valence-electron chi connectivity index (χ0n) is 17.7. The van der Waals surface area contributed by atoms with Gasteiger partial charge in [0.05, 0.1) is 17.2 Å². The van der Waals surface area contributed by atoms with Crippen molar-refractivity contribution in [2.45, 2.75) is 18.8 Å². The van der Waals surface area contributed by atoms with Crippen molar-refractivity contribution < 1.29 is 9.72 Å². The number of hydrogen-bond donors (Lipinski definition) is 1. The first-order valence-electron chi connectivity index (χ1n) is 10.4. The van der Waals surface area contributed by atoms with Gasteiger partial charge in [-0.05, 0) is 50.2 Å². The number of piperidine rings is 1. The first-order valence-corrected chi connectivity index (χ1v) is 10.4. The lowest BCUT2D eigenvalue weighted by Gasteiger charge is -2.31. The van der Waals surface area contributed by atoms with Crippen LogP contribution in [0, 0.1) is 10.1 Å². The molecule has 3 aromatic rings. The van der Waals surface area contributed by atoms with E-state index in [-0.39, 0.29) is 29.7 Å². The molecule has 10 heteroatoms. The van der Waals surface area contributed by atoms with Gasteiger partial charge < -0.3 is 5.32 Å². The van der Waals surface area contributed by atoms with E-state index in [4.69, 9.17) is 0 Å². The van der Waals surface area contributed by atoms with Gasteiger partial charge in [-0.2, -0.15) is 5.10 Å². The standard InChI is InChI=1S/C22H24N6O4/c1-25-22(30)27(18-5-3-2-4-6-18)21(24-25)16-11-13-26(14-12-16)15-20(29)23-17-7-9-19(10-8-17)28(31)32/h2-10,16H,11-15H2,1H3,(H,23,29). The Morgan fingerprint density at radius 1 is 1.12 bits per heavy atom. The molecular weight excluding hydrogens is 412 g/mol. The molecule has 1 aliphatic rings. The summed E-state index contributed by atoms with van der Waals surface area (Å²) in [6.07, 6.45) is 1.57. The summed E-state index contributed by atoms with van der Waals surface area (Å²) in [6, 6.07) is 15.2. The normalized spacial score (nSPS) is 14.9. The van der Waals surface area contributed by atoms with Gasteiger partial charge in [-0.3, -0.25) is 19.8 Å². The highest BCUT2D eigenvalue weighted by Crippen LogP contribution is 2.27. The predicted molar refractivity (Wildman–Crippen MR) is 119 cm³/mol. The molecule has 1 aromatic heterocycles. The number of nitro benzene ring substituents is 1. The topological polar surface area (TPSA) is 115 Å². The van der Waals surface area contributed by atoms with Crippen LogP contribution in [0.3, 0.4) is 0 Å². The highest BCUT2D eigenvalue weighted by atomic mass is 16.6. The van der Waals surface area contributed by atoms with Crippen molar-refractivity contribution in [2.75, 3.05) is 25.0 Å². The Kier molecular flexibility index (Phi) is 6.13. The number of aromatic nitrogens is 3. The minimum absolute atomic E-state index is 0.0198. The van der Waals surface area contributed by atoms with Crippen LogP contribution in [0.5, 0.6) is 0 Å². The van der Waals surface area contributed by atoms with Gasteiger partial charge in [0.2, 0.25) is 5.91 Å². The number of aryl methyl sites for hydroxylation is 1. The second kappa shape index (κ2) is 9.15. The maximum absolute atomic E-state index is 12.6. The molecule has 0 atom stereocenters. The molecule has 0 saturated carbocycles. The van der Waals surface area contributed by atoms with Crippen LogP contribution in [-0.2, 0) is 11.8 Å². The average Bonchev–Trinajstić information content (AvgIpc) is 3.09. The molecule has 0 radical (unpaired) electrons. The Hall–Kier alpha value is -3.79. The zero-order valence-corrected chi connectivity index (χ0v) is 17.7. The van der Waals surface area contributed by atoms with Gasteiger partial charge in [0.25, 0.3) is 5.69 Å². The average molecular weight is 436 g/mol. The third kappa shape index (κ3) is 4.59. The Morgan fingerprint density at radius 3 is 2.41 bits per heavy atom. The molecule has 1 saturated heterocycles. The maximum atomic E-state index is 12.6. The van der Waals surface area contributed by atoms with E-state index in [1.165, 1.54) is 28.9 Å². The van der Waals surface area contributed by atoms with E-state index >= 15 is 0 Å². The highest BCUT2D eigenvalue weighted by Gasteiger charge is 2.27. The van der Waals surface area contributed by atoms with Crippen molar-refractivity contribution in [3.63, 3.8) is 0 Å². The number of rotatable bonds is 6. The molecule has 1 aliphatic heterocycles. The summed E-state index contributed by atoms with van der Waals surface area (Å²) in [4.78, 5) is 37.3. The number of nitrogens with zero attached hydrogens (tertiary/aromatic N) is 5. The van der Waals surface area contributed by atoms with Crippen LogP contribution in [-0.4, -0.2) is 49.7 Å². The van der Waals surface area contributed by atoms with Crippen molar-refractivity contribution in [3.8, 4) is 5.69 Å². The van der Waals surface area contributed by atoms with Gasteiger partial charge in [0.1, 0.15) is 5.82 Å². The van der Waals surface area contributed by atoms with Crippen LogP contribution in [0.2, 0.25) is 0 Å². The molecule has 2 aromatic carbocycles. The van der Waals surface area contributed by atoms with Crippen molar-refractivity contribution in [1.29, 1.82) is 0 Å². The molecule has 1 fully saturated rings. The number of nitrogens with one attached hydrogen (secondary N) is 1. The Bertz CT molecular complexity index is 1160. The number of amides is 1. The van der Waals surface area contributed by atoms with Gasteiger partial charge in [-0.1, -0.05) is 18.2 Å². The molecule has 0 aliphatic carbocycles. The Morgan fingerprint density at radius 2 is 1.78 bits per heavy atom. The van der Waals surface area contributed by atoms with Crippen LogP contribution < -0.4 is 11.0 Å². The van der Waals surface area contributed by atoms with Crippen LogP contribution in [0.25, 0.3) is 5.69 Å². The van der Waals surface area contributed by atoms with Crippen molar-refractivity contribution >= 4 is 17.3 Å². The fourth-order valence-electron chi connectivity index (χ4n) is 3.99. The molecule has 10 nitrogen and oxygen atoms in total. The molecule has 0 spiro atoms. The number of carbonyl (C=O) groups excluding carboxylic acids is 1. The van der Waals surface area contributed by atoms with E-state index in [9.17, 15) is 19.7 Å².